The largest absolute Gasteiger partial charge is 0.371 e. The van der Waals surface area contributed by atoms with Gasteiger partial charge in [-0.05, 0) is 12.2 Å². The Hall–Kier alpha value is 0.110. The summed E-state index contributed by atoms with van der Waals surface area (Å²) >= 11 is 1.84. The highest BCUT2D eigenvalue weighted by Crippen LogP contribution is 2.35. The minimum Gasteiger partial charge on any atom is -0.371 e. The first-order valence-electron chi connectivity index (χ1n) is 5.42. The van der Waals surface area contributed by atoms with E-state index in [0.29, 0.717) is 18.5 Å². The van der Waals surface area contributed by atoms with E-state index in [9.17, 15) is 0 Å². The summed E-state index contributed by atoms with van der Waals surface area (Å²) in [6, 6.07) is 0. The maximum atomic E-state index is 8.59. The SMILES string of the molecule is CCCS[C@H]1CO[C@H]2[C@@H]1OC[C@H]2ON(O)O. The highest BCUT2D eigenvalue weighted by Gasteiger charge is 2.49. The lowest BCUT2D eigenvalue weighted by atomic mass is 10.1. The van der Waals surface area contributed by atoms with Crippen LogP contribution in [0.4, 0.5) is 0 Å². The molecule has 2 saturated heterocycles. The fourth-order valence-electron chi connectivity index (χ4n) is 2.05. The van der Waals surface area contributed by atoms with E-state index in [1.54, 1.807) is 0 Å². The van der Waals surface area contributed by atoms with Gasteiger partial charge in [0.2, 0.25) is 0 Å². The molecule has 0 aliphatic carbocycles. The van der Waals surface area contributed by atoms with Crippen molar-refractivity contribution in [2.45, 2.75) is 36.9 Å². The van der Waals surface area contributed by atoms with E-state index in [2.05, 4.69) is 6.92 Å². The first kappa shape index (κ1) is 12.6. The van der Waals surface area contributed by atoms with Gasteiger partial charge in [-0.1, -0.05) is 6.92 Å². The third-order valence-electron chi connectivity index (χ3n) is 2.73. The van der Waals surface area contributed by atoms with E-state index in [0.717, 1.165) is 12.2 Å². The molecule has 16 heavy (non-hydrogen) atoms. The van der Waals surface area contributed by atoms with Crippen LogP contribution in [0.2, 0.25) is 0 Å². The molecule has 0 saturated carbocycles. The number of nitrogens with zero attached hydrogens (tertiary/aromatic N) is 1. The zero-order valence-corrected chi connectivity index (χ0v) is 9.93. The number of rotatable bonds is 5. The van der Waals surface area contributed by atoms with Crippen LogP contribution in [0.25, 0.3) is 0 Å². The van der Waals surface area contributed by atoms with Crippen LogP contribution in [0.15, 0.2) is 0 Å². The fraction of sp³-hybridized carbons (Fsp3) is 1.00. The van der Waals surface area contributed by atoms with E-state index in [1.807, 2.05) is 11.8 Å². The van der Waals surface area contributed by atoms with Crippen molar-refractivity contribution >= 4 is 11.8 Å². The molecule has 0 aromatic carbocycles. The molecule has 2 aliphatic rings. The van der Waals surface area contributed by atoms with Gasteiger partial charge in [-0.15, -0.1) is 0 Å². The monoisotopic (exact) mass is 251 g/mol. The van der Waals surface area contributed by atoms with Crippen LogP contribution in [0.3, 0.4) is 0 Å². The maximum absolute atomic E-state index is 8.59. The Morgan fingerprint density at radius 3 is 2.75 bits per heavy atom. The molecule has 4 atom stereocenters. The summed E-state index contributed by atoms with van der Waals surface area (Å²) in [7, 11) is 0. The van der Waals surface area contributed by atoms with Crippen LogP contribution < -0.4 is 0 Å². The van der Waals surface area contributed by atoms with Crippen molar-refractivity contribution < 1.29 is 24.7 Å². The molecule has 6 nitrogen and oxygen atoms in total. The van der Waals surface area contributed by atoms with Crippen molar-refractivity contribution in [3.63, 3.8) is 0 Å². The maximum Gasteiger partial charge on any atom is 0.136 e. The van der Waals surface area contributed by atoms with Gasteiger partial charge in [0, 0.05) is 0 Å². The summed E-state index contributed by atoms with van der Waals surface area (Å²) in [4.78, 5) is 4.76. The molecule has 0 spiro atoms. The lowest BCUT2D eigenvalue weighted by Crippen LogP contribution is -2.35. The van der Waals surface area contributed by atoms with Gasteiger partial charge in [-0.3, -0.25) is 10.4 Å². The number of ether oxygens (including phenoxy) is 2. The molecule has 2 heterocycles. The molecule has 0 aromatic heterocycles. The molecule has 2 fully saturated rings. The van der Waals surface area contributed by atoms with Crippen LogP contribution in [0.1, 0.15) is 13.3 Å². The molecule has 2 N–H and O–H groups in total. The quantitative estimate of drug-likeness (QED) is 0.696. The Balaban J connectivity index is 1.85. The van der Waals surface area contributed by atoms with E-state index in [-0.39, 0.29) is 17.6 Å². The number of thioether (sulfide) groups is 1. The first-order chi connectivity index (χ1) is 7.72. The lowest BCUT2D eigenvalue weighted by Gasteiger charge is -2.17. The molecule has 0 aromatic rings. The first-order valence-corrected chi connectivity index (χ1v) is 6.46. The Morgan fingerprint density at radius 1 is 1.31 bits per heavy atom. The molecule has 7 heteroatoms. The third-order valence-corrected chi connectivity index (χ3v) is 4.20. The van der Waals surface area contributed by atoms with Gasteiger partial charge in [0.25, 0.3) is 0 Å². The predicted octanol–water partition coefficient (Wildman–Crippen LogP) is 0.676. The fourth-order valence-corrected chi connectivity index (χ4v) is 3.19. The number of fused-ring (bicyclic) bond motifs is 1. The summed E-state index contributed by atoms with van der Waals surface area (Å²) in [5.41, 5.74) is 0. The lowest BCUT2D eigenvalue weighted by molar-refractivity contribution is -0.507. The second kappa shape index (κ2) is 5.63. The molecule has 0 radical (unpaired) electrons. The summed E-state index contributed by atoms with van der Waals surface area (Å²) in [6.45, 7) is 3.10. The Bertz CT molecular complexity index is 230. The predicted molar refractivity (Wildman–Crippen MR) is 56.3 cm³/mol. The van der Waals surface area contributed by atoms with Gasteiger partial charge >= 0.3 is 0 Å². The molecule has 0 amide bonds. The van der Waals surface area contributed by atoms with Gasteiger partial charge in [0.15, 0.2) is 0 Å². The normalized spacial score (nSPS) is 38.2. The van der Waals surface area contributed by atoms with Gasteiger partial charge in [0.1, 0.15) is 18.3 Å². The van der Waals surface area contributed by atoms with E-state index >= 15 is 0 Å². The van der Waals surface area contributed by atoms with Gasteiger partial charge in [-0.2, -0.15) is 11.8 Å². The molecule has 94 valence electrons. The van der Waals surface area contributed by atoms with E-state index in [1.165, 1.54) is 0 Å². The number of hydrogen-bond donors (Lipinski definition) is 2. The Morgan fingerprint density at radius 2 is 2.06 bits per heavy atom. The van der Waals surface area contributed by atoms with Crippen LogP contribution in [0.5, 0.6) is 0 Å². The second-order valence-electron chi connectivity index (χ2n) is 3.90. The van der Waals surface area contributed by atoms with E-state index in [4.69, 9.17) is 24.7 Å². The molecule has 0 bridgehead atoms. The van der Waals surface area contributed by atoms with Crippen molar-refractivity contribution in [1.29, 1.82) is 0 Å². The highest BCUT2D eigenvalue weighted by molar-refractivity contribution is 8.00. The summed E-state index contributed by atoms with van der Waals surface area (Å²) in [5, 5.41) is 17.2. The Kier molecular flexibility index (Phi) is 4.42. The van der Waals surface area contributed by atoms with Gasteiger partial charge in [0.05, 0.1) is 23.9 Å². The van der Waals surface area contributed by atoms with Crippen molar-refractivity contribution in [2.75, 3.05) is 19.0 Å². The van der Waals surface area contributed by atoms with Crippen LogP contribution in [-0.4, -0.2) is 58.3 Å². The average Bonchev–Trinajstić information content (AvgIpc) is 2.78. The van der Waals surface area contributed by atoms with Crippen LogP contribution in [0, 0.1) is 0 Å². The molecule has 2 aliphatic heterocycles. The topological polar surface area (TPSA) is 71.4 Å². The number of hydrogen-bond acceptors (Lipinski definition) is 7. The zero-order chi connectivity index (χ0) is 11.5. The van der Waals surface area contributed by atoms with Crippen molar-refractivity contribution in [1.82, 2.24) is 5.39 Å². The van der Waals surface area contributed by atoms with Crippen molar-refractivity contribution in [2.24, 2.45) is 0 Å². The Labute approximate surface area is 98.3 Å². The van der Waals surface area contributed by atoms with Gasteiger partial charge < -0.3 is 9.47 Å². The average molecular weight is 251 g/mol. The van der Waals surface area contributed by atoms with Crippen LogP contribution >= 0.6 is 11.8 Å². The van der Waals surface area contributed by atoms with E-state index < -0.39 is 6.10 Å². The summed E-state index contributed by atoms with van der Waals surface area (Å²) in [5.74, 6) is 1.08. The minimum absolute atomic E-state index is 0.00139. The molecular formula is C9H17NO5S. The van der Waals surface area contributed by atoms with Crippen molar-refractivity contribution in [3.05, 3.63) is 0 Å². The molecular weight excluding hydrogens is 234 g/mol. The minimum atomic E-state index is -0.438. The summed E-state index contributed by atoms with van der Waals surface area (Å²) in [6.07, 6.45) is 0.490. The molecule has 0 unspecified atom stereocenters. The molecule has 2 rings (SSSR count). The van der Waals surface area contributed by atoms with Crippen molar-refractivity contribution in [3.8, 4) is 0 Å². The standard InChI is InChI=1S/C9H17NO5S/c1-2-3-16-7-5-14-8-6(15-10(11)12)4-13-9(7)8/h6-9,11-12H,2-5H2,1H3/t6-,7+,8-,9-/m1/s1. The van der Waals surface area contributed by atoms with Crippen LogP contribution in [-0.2, 0) is 14.3 Å². The zero-order valence-electron chi connectivity index (χ0n) is 9.11. The summed E-state index contributed by atoms with van der Waals surface area (Å²) < 4.78 is 11.2. The smallest absolute Gasteiger partial charge is 0.136 e. The third kappa shape index (κ3) is 2.67. The second-order valence-corrected chi connectivity index (χ2v) is 5.25. The van der Waals surface area contributed by atoms with Gasteiger partial charge in [-0.25, -0.2) is 4.84 Å². The highest BCUT2D eigenvalue weighted by atomic mass is 32.2.